The van der Waals surface area contributed by atoms with Gasteiger partial charge < -0.3 is 0 Å². The van der Waals surface area contributed by atoms with E-state index in [4.69, 9.17) is 23.2 Å². The van der Waals surface area contributed by atoms with Gasteiger partial charge in [-0.25, -0.2) is 14.6 Å². The summed E-state index contributed by atoms with van der Waals surface area (Å²) in [6.45, 7) is 0. The minimum Gasteiger partial charge on any atom is -0.224 e. The van der Waals surface area contributed by atoms with Crippen LogP contribution in [0.1, 0.15) is 0 Å². The summed E-state index contributed by atoms with van der Waals surface area (Å²) in [5.74, 6) is 0. The Labute approximate surface area is 107 Å². The van der Waals surface area contributed by atoms with Crippen LogP contribution < -0.4 is 0 Å². The molecule has 0 saturated carbocycles. The Bertz CT molecular complexity index is 676. The summed E-state index contributed by atoms with van der Waals surface area (Å²) in [6, 6.07) is 7.33. The van der Waals surface area contributed by atoms with Crippen molar-refractivity contribution in [2.24, 2.45) is 0 Å². The predicted octanol–water partition coefficient (Wildman–Crippen LogP) is 3.12. The van der Waals surface area contributed by atoms with E-state index in [1.54, 1.807) is 23.0 Å². The van der Waals surface area contributed by atoms with E-state index in [9.17, 15) is 0 Å². The van der Waals surface area contributed by atoms with Gasteiger partial charge in [-0.15, -0.1) is 0 Å². The van der Waals surface area contributed by atoms with Gasteiger partial charge in [0, 0.05) is 5.02 Å². The number of aromatic nitrogens is 4. The van der Waals surface area contributed by atoms with E-state index in [0.717, 1.165) is 11.1 Å². The number of fused-ring (bicyclic) bond motifs is 1. The fourth-order valence-electron chi connectivity index (χ4n) is 1.59. The van der Waals surface area contributed by atoms with Crippen molar-refractivity contribution < 1.29 is 0 Å². The van der Waals surface area contributed by atoms with Crippen molar-refractivity contribution in [3.63, 3.8) is 0 Å². The maximum atomic E-state index is 5.96. The molecule has 0 unspecified atom stereocenters. The fourth-order valence-corrected chi connectivity index (χ4v) is 1.89. The van der Waals surface area contributed by atoms with Crippen molar-refractivity contribution in [1.29, 1.82) is 0 Å². The maximum absolute atomic E-state index is 5.96. The lowest BCUT2D eigenvalue weighted by atomic mass is 10.3. The van der Waals surface area contributed by atoms with Crippen LogP contribution >= 0.6 is 23.2 Å². The minimum absolute atomic E-state index is 0.398. The van der Waals surface area contributed by atoms with Gasteiger partial charge in [-0.05, 0) is 24.3 Å². The molecule has 2 aromatic heterocycles. The monoisotopic (exact) mass is 264 g/mol. The summed E-state index contributed by atoms with van der Waals surface area (Å²) < 4.78 is 1.69. The molecule has 0 aliphatic rings. The quantitative estimate of drug-likeness (QED) is 0.635. The van der Waals surface area contributed by atoms with Gasteiger partial charge in [0.05, 0.1) is 17.3 Å². The topological polar surface area (TPSA) is 43.6 Å². The normalized spacial score (nSPS) is 10.9. The summed E-state index contributed by atoms with van der Waals surface area (Å²) in [5.41, 5.74) is 1.55. The molecule has 0 aliphatic carbocycles. The van der Waals surface area contributed by atoms with Gasteiger partial charge in [-0.1, -0.05) is 23.2 Å². The third-order valence-corrected chi connectivity index (χ3v) is 2.94. The van der Waals surface area contributed by atoms with Gasteiger partial charge in [0.1, 0.15) is 11.5 Å². The Hall–Kier alpha value is -1.65. The summed E-state index contributed by atoms with van der Waals surface area (Å²) in [6.07, 6.45) is 3.06. The first-order valence-electron chi connectivity index (χ1n) is 4.86. The second-order valence-corrected chi connectivity index (χ2v) is 4.23. The zero-order chi connectivity index (χ0) is 11.8. The largest absolute Gasteiger partial charge is 0.224 e. The molecule has 6 heteroatoms. The summed E-state index contributed by atoms with van der Waals surface area (Å²) >= 11 is 11.8. The van der Waals surface area contributed by atoms with Crippen molar-refractivity contribution in [2.45, 2.75) is 0 Å². The molecule has 0 bridgehead atoms. The molecular weight excluding hydrogens is 259 g/mol. The van der Waals surface area contributed by atoms with Gasteiger partial charge in [0.15, 0.2) is 5.65 Å². The van der Waals surface area contributed by atoms with Crippen LogP contribution in [0.4, 0.5) is 0 Å². The lowest BCUT2D eigenvalue weighted by molar-refractivity contribution is 0.895. The Morgan fingerprint density at radius 2 is 1.76 bits per heavy atom. The molecule has 0 aliphatic heterocycles. The smallest absolute Gasteiger partial charge is 0.167 e. The molecule has 84 valence electrons. The Balaban J connectivity index is 2.24. The zero-order valence-corrected chi connectivity index (χ0v) is 10.0. The first kappa shape index (κ1) is 10.5. The third-order valence-electron chi connectivity index (χ3n) is 2.39. The molecule has 4 nitrogen and oxygen atoms in total. The van der Waals surface area contributed by atoms with E-state index in [0.29, 0.717) is 15.8 Å². The van der Waals surface area contributed by atoms with Gasteiger partial charge >= 0.3 is 0 Å². The lowest BCUT2D eigenvalue weighted by Gasteiger charge is -2.02. The van der Waals surface area contributed by atoms with Gasteiger partial charge in [-0.2, -0.15) is 5.10 Å². The molecular formula is C11H6Cl2N4. The average Bonchev–Trinajstić information content (AvgIpc) is 2.75. The van der Waals surface area contributed by atoms with Crippen molar-refractivity contribution in [3.8, 4) is 5.69 Å². The number of hydrogen-bond donors (Lipinski definition) is 0. The Kier molecular flexibility index (Phi) is 2.46. The van der Waals surface area contributed by atoms with E-state index < -0.39 is 0 Å². The summed E-state index contributed by atoms with van der Waals surface area (Å²) in [7, 11) is 0. The molecule has 3 rings (SSSR count). The number of hydrogen-bond acceptors (Lipinski definition) is 3. The van der Waals surface area contributed by atoms with Crippen molar-refractivity contribution in [1.82, 2.24) is 19.7 Å². The van der Waals surface area contributed by atoms with E-state index in [2.05, 4.69) is 15.1 Å². The molecule has 0 N–H and O–H groups in total. The summed E-state index contributed by atoms with van der Waals surface area (Å²) in [4.78, 5) is 8.08. The Morgan fingerprint density at radius 1 is 1.00 bits per heavy atom. The summed E-state index contributed by atoms with van der Waals surface area (Å²) in [5, 5.41) is 6.05. The number of nitrogens with zero attached hydrogens (tertiary/aromatic N) is 4. The molecule has 0 spiro atoms. The van der Waals surface area contributed by atoms with Gasteiger partial charge in [-0.3, -0.25) is 0 Å². The zero-order valence-electron chi connectivity index (χ0n) is 8.51. The highest BCUT2D eigenvalue weighted by Crippen LogP contribution is 2.21. The van der Waals surface area contributed by atoms with E-state index in [1.807, 2.05) is 12.1 Å². The molecule has 1 aromatic carbocycles. The van der Waals surface area contributed by atoms with Crippen molar-refractivity contribution in [3.05, 3.63) is 47.0 Å². The van der Waals surface area contributed by atoms with Crippen LogP contribution in [0.3, 0.4) is 0 Å². The number of rotatable bonds is 1. The molecule has 0 fully saturated rings. The van der Waals surface area contributed by atoms with Crippen LogP contribution in [0.15, 0.2) is 36.8 Å². The molecule has 3 aromatic rings. The van der Waals surface area contributed by atoms with Crippen LogP contribution in [0.5, 0.6) is 0 Å². The molecule has 0 radical (unpaired) electrons. The standard InChI is InChI=1S/C11H6Cl2N4/c12-7-1-3-8(4-2-7)17-11-9(5-16-17)10(13)14-6-15-11/h1-6H. The van der Waals surface area contributed by atoms with Crippen LogP contribution in [-0.2, 0) is 0 Å². The van der Waals surface area contributed by atoms with Gasteiger partial charge in [0.2, 0.25) is 0 Å². The third kappa shape index (κ3) is 1.75. The molecule has 0 amide bonds. The second kappa shape index (κ2) is 3.98. The van der Waals surface area contributed by atoms with E-state index >= 15 is 0 Å². The molecule has 0 saturated heterocycles. The maximum Gasteiger partial charge on any atom is 0.167 e. The highest BCUT2D eigenvalue weighted by atomic mass is 35.5. The van der Waals surface area contributed by atoms with Crippen LogP contribution in [0, 0.1) is 0 Å². The highest BCUT2D eigenvalue weighted by Gasteiger charge is 2.09. The molecule has 17 heavy (non-hydrogen) atoms. The first-order chi connectivity index (χ1) is 8.25. The first-order valence-corrected chi connectivity index (χ1v) is 5.61. The molecule has 2 heterocycles. The Morgan fingerprint density at radius 3 is 2.53 bits per heavy atom. The van der Waals surface area contributed by atoms with Crippen molar-refractivity contribution in [2.75, 3.05) is 0 Å². The minimum atomic E-state index is 0.398. The highest BCUT2D eigenvalue weighted by molar-refractivity contribution is 6.33. The van der Waals surface area contributed by atoms with Gasteiger partial charge in [0.25, 0.3) is 0 Å². The van der Waals surface area contributed by atoms with Crippen molar-refractivity contribution >= 4 is 34.2 Å². The SMILES string of the molecule is Clc1ccc(-n2ncc3c(Cl)ncnc32)cc1. The average molecular weight is 265 g/mol. The van der Waals surface area contributed by atoms with Crippen LogP contribution in [0.2, 0.25) is 10.2 Å². The van der Waals surface area contributed by atoms with Crippen LogP contribution in [-0.4, -0.2) is 19.7 Å². The van der Waals surface area contributed by atoms with E-state index in [1.165, 1.54) is 6.33 Å². The second-order valence-electron chi connectivity index (χ2n) is 3.43. The van der Waals surface area contributed by atoms with Crippen LogP contribution in [0.25, 0.3) is 16.7 Å². The molecule has 0 atom stereocenters. The number of halogens is 2. The number of benzene rings is 1. The lowest BCUT2D eigenvalue weighted by Crippen LogP contribution is -1.97. The predicted molar refractivity (Wildman–Crippen MR) is 66.7 cm³/mol. The fraction of sp³-hybridized carbons (Fsp3) is 0. The van der Waals surface area contributed by atoms with E-state index in [-0.39, 0.29) is 0 Å².